The summed E-state index contributed by atoms with van der Waals surface area (Å²) in [7, 11) is 4.92. The third kappa shape index (κ3) is 7.41. The second-order valence-corrected chi connectivity index (χ2v) is 6.61. The van der Waals surface area contributed by atoms with Gasteiger partial charge in [-0.2, -0.15) is 0 Å². The number of methoxy groups -OCH3 is 2. The van der Waals surface area contributed by atoms with Crippen LogP contribution >= 0.6 is 24.0 Å². The maximum atomic E-state index is 5.87. The monoisotopic (exact) mass is 564 g/mol. The first-order valence-electron chi connectivity index (χ1n) is 10.2. The van der Waals surface area contributed by atoms with Gasteiger partial charge in [0, 0.05) is 37.6 Å². The molecular weight excluding hydrogens is 535 g/mol. The Morgan fingerprint density at radius 1 is 0.939 bits per heavy atom. The number of ether oxygens (including phenoxy) is 4. The second-order valence-electron chi connectivity index (χ2n) is 6.61. The third-order valence-electron chi connectivity index (χ3n) is 4.49. The number of nitrogens with one attached hydrogen (secondary N) is 2. The average Bonchev–Trinajstić information content (AvgIpc) is 2.83. The van der Waals surface area contributed by atoms with Gasteiger partial charge in [0.25, 0.3) is 0 Å². The lowest BCUT2D eigenvalue weighted by atomic mass is 10.2. The van der Waals surface area contributed by atoms with Crippen LogP contribution < -0.4 is 29.6 Å². The molecule has 3 rings (SSSR count). The van der Waals surface area contributed by atoms with E-state index in [-0.39, 0.29) is 24.0 Å². The molecule has 0 aliphatic heterocycles. The minimum absolute atomic E-state index is 0. The molecule has 0 saturated heterocycles. The highest BCUT2D eigenvalue weighted by atomic mass is 127. The van der Waals surface area contributed by atoms with Crippen molar-refractivity contribution < 1.29 is 18.9 Å². The van der Waals surface area contributed by atoms with E-state index in [9.17, 15) is 0 Å². The number of rotatable bonds is 9. The fraction of sp³-hybridized carbons (Fsp3) is 0.250. The molecule has 176 valence electrons. The first kappa shape index (κ1) is 26.0. The summed E-state index contributed by atoms with van der Waals surface area (Å²) in [6.07, 6.45) is 1.76. The van der Waals surface area contributed by atoms with Crippen LogP contribution in [0.15, 0.2) is 65.8 Å². The van der Waals surface area contributed by atoms with Gasteiger partial charge in [-0.05, 0) is 36.8 Å². The van der Waals surface area contributed by atoms with Crippen molar-refractivity contribution in [1.29, 1.82) is 0 Å². The molecule has 9 heteroatoms. The quantitative estimate of drug-likeness (QED) is 0.213. The number of guanidine groups is 1. The van der Waals surface area contributed by atoms with Crippen LogP contribution in [-0.2, 0) is 6.54 Å². The highest BCUT2D eigenvalue weighted by molar-refractivity contribution is 14.0. The summed E-state index contributed by atoms with van der Waals surface area (Å²) >= 11 is 0. The normalized spacial score (nSPS) is 10.6. The van der Waals surface area contributed by atoms with Crippen LogP contribution in [0.4, 0.5) is 5.69 Å². The van der Waals surface area contributed by atoms with Crippen LogP contribution in [0.25, 0.3) is 0 Å². The number of anilines is 1. The van der Waals surface area contributed by atoms with E-state index in [0.29, 0.717) is 48.0 Å². The van der Waals surface area contributed by atoms with Crippen LogP contribution in [0.1, 0.15) is 12.5 Å². The summed E-state index contributed by atoms with van der Waals surface area (Å²) in [6, 6.07) is 16.9. The number of aromatic nitrogens is 1. The van der Waals surface area contributed by atoms with E-state index in [4.69, 9.17) is 18.9 Å². The topological polar surface area (TPSA) is 86.2 Å². The Kier molecular flexibility index (Phi) is 10.5. The second kappa shape index (κ2) is 13.4. The predicted octanol–water partition coefficient (Wildman–Crippen LogP) is 5.10. The van der Waals surface area contributed by atoms with Gasteiger partial charge in [-0.25, -0.2) is 4.98 Å². The zero-order chi connectivity index (χ0) is 22.8. The van der Waals surface area contributed by atoms with E-state index in [0.717, 1.165) is 11.3 Å². The van der Waals surface area contributed by atoms with Crippen LogP contribution in [0.3, 0.4) is 0 Å². The lowest BCUT2D eigenvalue weighted by molar-refractivity contribution is 0.319. The first-order chi connectivity index (χ1) is 15.7. The molecule has 0 atom stereocenters. The smallest absolute Gasteiger partial charge is 0.219 e. The van der Waals surface area contributed by atoms with Crippen LogP contribution in [0.2, 0.25) is 0 Å². The van der Waals surface area contributed by atoms with Crippen molar-refractivity contribution in [2.24, 2.45) is 4.99 Å². The number of hydrogen-bond donors (Lipinski definition) is 2. The summed E-state index contributed by atoms with van der Waals surface area (Å²) in [5, 5.41) is 6.49. The molecule has 0 radical (unpaired) electrons. The number of aliphatic imine (C=N–C) groups is 1. The fourth-order valence-electron chi connectivity index (χ4n) is 2.91. The zero-order valence-corrected chi connectivity index (χ0v) is 21.5. The summed E-state index contributed by atoms with van der Waals surface area (Å²) in [6.45, 7) is 3.04. The van der Waals surface area contributed by atoms with E-state index in [1.807, 2.05) is 61.5 Å². The summed E-state index contributed by atoms with van der Waals surface area (Å²) in [4.78, 5) is 8.66. The van der Waals surface area contributed by atoms with Crippen LogP contribution in [0.5, 0.6) is 28.9 Å². The van der Waals surface area contributed by atoms with Gasteiger partial charge in [-0.15, -0.1) is 24.0 Å². The molecule has 0 saturated carbocycles. The highest BCUT2D eigenvalue weighted by Gasteiger charge is 2.08. The molecular formula is C24H29IN4O4. The van der Waals surface area contributed by atoms with Gasteiger partial charge in [-0.3, -0.25) is 4.99 Å². The van der Waals surface area contributed by atoms with Crippen molar-refractivity contribution >= 4 is 35.6 Å². The van der Waals surface area contributed by atoms with E-state index >= 15 is 0 Å². The zero-order valence-electron chi connectivity index (χ0n) is 19.1. The summed E-state index contributed by atoms with van der Waals surface area (Å²) in [5.41, 5.74) is 1.80. The Balaban J connectivity index is 0.00000385. The molecule has 0 fully saturated rings. The molecule has 1 aromatic heterocycles. The van der Waals surface area contributed by atoms with E-state index < -0.39 is 0 Å². The number of benzene rings is 2. The molecule has 0 spiro atoms. The molecule has 2 N–H and O–H groups in total. The van der Waals surface area contributed by atoms with Gasteiger partial charge in [0.2, 0.25) is 5.88 Å². The van der Waals surface area contributed by atoms with Crippen molar-refractivity contribution in [3.63, 3.8) is 0 Å². The lowest BCUT2D eigenvalue weighted by Gasteiger charge is -2.14. The Morgan fingerprint density at radius 2 is 1.70 bits per heavy atom. The van der Waals surface area contributed by atoms with Gasteiger partial charge >= 0.3 is 0 Å². The minimum atomic E-state index is 0. The predicted molar refractivity (Wildman–Crippen MR) is 141 cm³/mol. The fourth-order valence-corrected chi connectivity index (χ4v) is 2.91. The number of pyridine rings is 1. The van der Waals surface area contributed by atoms with Gasteiger partial charge in [0.1, 0.15) is 0 Å². The highest BCUT2D eigenvalue weighted by Crippen LogP contribution is 2.31. The van der Waals surface area contributed by atoms with Gasteiger partial charge in [0.15, 0.2) is 29.0 Å². The molecule has 33 heavy (non-hydrogen) atoms. The molecule has 0 amide bonds. The van der Waals surface area contributed by atoms with Crippen LogP contribution in [-0.4, -0.2) is 38.8 Å². The number of hydrogen-bond acceptors (Lipinski definition) is 6. The van der Waals surface area contributed by atoms with Crippen molar-refractivity contribution in [3.05, 3.63) is 66.4 Å². The molecule has 3 aromatic rings. The lowest BCUT2D eigenvalue weighted by Crippen LogP contribution is -2.30. The largest absolute Gasteiger partial charge is 0.493 e. The van der Waals surface area contributed by atoms with Gasteiger partial charge < -0.3 is 29.6 Å². The molecule has 8 nitrogen and oxygen atoms in total. The maximum Gasteiger partial charge on any atom is 0.219 e. The van der Waals surface area contributed by atoms with Crippen LogP contribution in [0, 0.1) is 0 Å². The van der Waals surface area contributed by atoms with Crippen molar-refractivity contribution in [3.8, 4) is 28.9 Å². The molecule has 1 heterocycles. The standard InChI is InChI=1S/C24H28N4O4.HI/c1-5-31-20-8-6-7-9-21(20)32-23-13-10-17(15-26-23)16-27-24(25-2)28-18-11-12-19(29-3)22(14-18)30-4;/h6-15H,5,16H2,1-4H3,(H2,25,27,28);1H. The Labute approximate surface area is 211 Å². The molecule has 0 unspecified atom stereocenters. The van der Waals surface area contributed by atoms with Crippen molar-refractivity contribution in [1.82, 2.24) is 10.3 Å². The van der Waals surface area contributed by atoms with Gasteiger partial charge in [0.05, 0.1) is 20.8 Å². The van der Waals surface area contributed by atoms with Crippen molar-refractivity contribution in [2.45, 2.75) is 13.5 Å². The Bertz CT molecular complexity index is 1040. The average molecular weight is 564 g/mol. The van der Waals surface area contributed by atoms with E-state index in [1.54, 1.807) is 27.5 Å². The van der Waals surface area contributed by atoms with E-state index in [1.165, 1.54) is 0 Å². The summed E-state index contributed by atoms with van der Waals surface area (Å²) < 4.78 is 22.1. The van der Waals surface area contributed by atoms with Gasteiger partial charge in [-0.1, -0.05) is 18.2 Å². The van der Waals surface area contributed by atoms with E-state index in [2.05, 4.69) is 20.6 Å². The number of para-hydroxylation sites is 2. The van der Waals surface area contributed by atoms with Crippen molar-refractivity contribution in [2.75, 3.05) is 33.2 Å². The number of nitrogens with zero attached hydrogens (tertiary/aromatic N) is 2. The molecule has 0 bridgehead atoms. The summed E-state index contributed by atoms with van der Waals surface area (Å²) in [5.74, 6) is 3.73. The molecule has 2 aromatic carbocycles. The number of halogens is 1. The molecule has 0 aliphatic carbocycles. The Hall–Kier alpha value is -3.21. The molecule has 0 aliphatic rings. The SMILES string of the molecule is CCOc1ccccc1Oc1ccc(CNC(=NC)Nc2ccc(OC)c(OC)c2)cn1.I. The minimum Gasteiger partial charge on any atom is -0.493 e. The third-order valence-corrected chi connectivity index (χ3v) is 4.49. The first-order valence-corrected chi connectivity index (χ1v) is 10.2. The maximum absolute atomic E-state index is 5.87. The Morgan fingerprint density at radius 3 is 2.33 bits per heavy atom.